The highest BCUT2D eigenvalue weighted by atomic mass is 16.6. The Morgan fingerprint density at radius 3 is 2.56 bits per heavy atom. The smallest absolute Gasteiger partial charge is 0.303 e. The van der Waals surface area contributed by atoms with Crippen LogP contribution in [-0.4, -0.2) is 24.3 Å². The van der Waals surface area contributed by atoms with E-state index in [1.165, 1.54) is 0 Å². The molecule has 0 saturated carbocycles. The maximum atomic E-state index is 10.7. The summed E-state index contributed by atoms with van der Waals surface area (Å²) in [5.41, 5.74) is 2.25. The molecule has 1 aromatic carbocycles. The highest BCUT2D eigenvalue weighted by Gasteiger charge is 2.16. The Balaban J connectivity index is 2.15. The molecule has 0 fully saturated rings. The van der Waals surface area contributed by atoms with Gasteiger partial charge < -0.3 is 14.6 Å². The number of carboxylic acids is 1. The van der Waals surface area contributed by atoms with Crippen molar-refractivity contribution in [3.63, 3.8) is 0 Å². The first-order valence-corrected chi connectivity index (χ1v) is 6.17. The van der Waals surface area contributed by atoms with Gasteiger partial charge in [-0.05, 0) is 42.5 Å². The van der Waals surface area contributed by atoms with Gasteiger partial charge in [-0.15, -0.1) is 0 Å². The molecule has 1 unspecified atom stereocenters. The summed E-state index contributed by atoms with van der Waals surface area (Å²) in [6.45, 7) is 5.12. The van der Waals surface area contributed by atoms with Gasteiger partial charge in [0, 0.05) is 6.42 Å². The summed E-state index contributed by atoms with van der Waals surface area (Å²) >= 11 is 0. The van der Waals surface area contributed by atoms with Crippen LogP contribution in [0.3, 0.4) is 0 Å². The molecule has 0 radical (unpaired) electrons. The third-order valence-electron chi connectivity index (χ3n) is 3.09. The van der Waals surface area contributed by atoms with Crippen LogP contribution in [0.1, 0.15) is 24.5 Å². The molecule has 1 heterocycles. The summed E-state index contributed by atoms with van der Waals surface area (Å²) in [7, 11) is 0. The van der Waals surface area contributed by atoms with Gasteiger partial charge in [-0.25, -0.2) is 0 Å². The largest absolute Gasteiger partial charge is 0.486 e. The Bertz CT molecular complexity index is 453. The van der Waals surface area contributed by atoms with E-state index >= 15 is 0 Å². The van der Waals surface area contributed by atoms with E-state index in [0.717, 1.165) is 29.0 Å². The van der Waals surface area contributed by atoms with Crippen molar-refractivity contribution < 1.29 is 19.4 Å². The number of ether oxygens (including phenoxy) is 2. The van der Waals surface area contributed by atoms with Crippen molar-refractivity contribution in [3.8, 4) is 11.5 Å². The van der Waals surface area contributed by atoms with Gasteiger partial charge in [-0.2, -0.15) is 0 Å². The predicted octanol–water partition coefficient (Wildman–Crippen LogP) is 2.42. The summed E-state index contributed by atoms with van der Waals surface area (Å²) in [6.07, 6.45) is 0.933. The maximum Gasteiger partial charge on any atom is 0.303 e. The fraction of sp³-hybridized carbons (Fsp3) is 0.500. The molecule has 0 saturated heterocycles. The van der Waals surface area contributed by atoms with Gasteiger partial charge in [0.15, 0.2) is 11.5 Å². The van der Waals surface area contributed by atoms with Crippen LogP contribution in [0.2, 0.25) is 0 Å². The molecular weight excluding hydrogens is 232 g/mol. The minimum atomic E-state index is -0.752. The zero-order valence-electron chi connectivity index (χ0n) is 10.7. The van der Waals surface area contributed by atoms with Crippen LogP contribution < -0.4 is 9.47 Å². The lowest BCUT2D eigenvalue weighted by molar-refractivity contribution is -0.137. The maximum absolute atomic E-state index is 10.7. The molecule has 18 heavy (non-hydrogen) atoms. The van der Waals surface area contributed by atoms with Crippen molar-refractivity contribution in [1.82, 2.24) is 0 Å². The van der Waals surface area contributed by atoms with E-state index in [-0.39, 0.29) is 12.3 Å². The van der Waals surface area contributed by atoms with Crippen molar-refractivity contribution in [2.45, 2.75) is 26.7 Å². The quantitative estimate of drug-likeness (QED) is 0.891. The molecule has 0 aromatic heterocycles. The monoisotopic (exact) mass is 250 g/mol. The standard InChI is InChI=1S/C14H18O4/c1-9(6-14(15)16)5-11-8-13-12(7-10(11)2)17-3-4-18-13/h7-9H,3-6H2,1-2H3,(H,15,16). The van der Waals surface area contributed by atoms with E-state index in [2.05, 4.69) is 0 Å². The Morgan fingerprint density at radius 2 is 1.94 bits per heavy atom. The van der Waals surface area contributed by atoms with Gasteiger partial charge >= 0.3 is 5.97 Å². The summed E-state index contributed by atoms with van der Waals surface area (Å²) in [4.78, 5) is 10.7. The first kappa shape index (κ1) is 12.7. The molecule has 4 heteroatoms. The first-order chi connectivity index (χ1) is 8.56. The highest BCUT2D eigenvalue weighted by molar-refractivity contribution is 5.67. The molecular formula is C14H18O4. The average molecular weight is 250 g/mol. The Kier molecular flexibility index (Phi) is 3.75. The van der Waals surface area contributed by atoms with Gasteiger partial charge in [0.25, 0.3) is 0 Å². The highest BCUT2D eigenvalue weighted by Crippen LogP contribution is 2.33. The van der Waals surface area contributed by atoms with Crippen molar-refractivity contribution in [2.24, 2.45) is 5.92 Å². The summed E-state index contributed by atoms with van der Waals surface area (Å²) < 4.78 is 11.1. The molecule has 1 aliphatic rings. The number of carbonyl (C=O) groups is 1. The van der Waals surface area contributed by atoms with E-state index in [0.29, 0.717) is 13.2 Å². The third-order valence-corrected chi connectivity index (χ3v) is 3.09. The third kappa shape index (κ3) is 2.94. The molecule has 0 amide bonds. The molecule has 1 atom stereocenters. The zero-order valence-corrected chi connectivity index (χ0v) is 10.7. The summed E-state index contributed by atoms with van der Waals surface area (Å²) in [5.74, 6) is 0.916. The molecule has 0 spiro atoms. The molecule has 4 nitrogen and oxygen atoms in total. The second-order valence-corrected chi connectivity index (χ2v) is 4.83. The minimum absolute atomic E-state index is 0.115. The Morgan fingerprint density at radius 1 is 1.33 bits per heavy atom. The molecule has 2 rings (SSSR count). The van der Waals surface area contributed by atoms with Gasteiger partial charge in [0.05, 0.1) is 0 Å². The van der Waals surface area contributed by atoms with Crippen LogP contribution in [-0.2, 0) is 11.2 Å². The van der Waals surface area contributed by atoms with Crippen LogP contribution in [0.25, 0.3) is 0 Å². The van der Waals surface area contributed by atoms with E-state index in [4.69, 9.17) is 14.6 Å². The first-order valence-electron chi connectivity index (χ1n) is 6.17. The van der Waals surface area contributed by atoms with E-state index in [9.17, 15) is 4.79 Å². The predicted molar refractivity (Wildman–Crippen MR) is 67.3 cm³/mol. The number of carboxylic acid groups (broad SMARTS) is 1. The normalized spacial score (nSPS) is 15.2. The number of fused-ring (bicyclic) bond motifs is 1. The lowest BCUT2D eigenvalue weighted by atomic mass is 9.94. The number of rotatable bonds is 4. The van der Waals surface area contributed by atoms with Crippen LogP contribution in [0.5, 0.6) is 11.5 Å². The fourth-order valence-corrected chi connectivity index (χ4v) is 2.20. The Hall–Kier alpha value is -1.71. The van der Waals surface area contributed by atoms with E-state index < -0.39 is 5.97 Å². The topological polar surface area (TPSA) is 55.8 Å². The fourth-order valence-electron chi connectivity index (χ4n) is 2.20. The molecule has 1 aromatic rings. The van der Waals surface area contributed by atoms with Crippen LogP contribution in [0, 0.1) is 12.8 Å². The van der Waals surface area contributed by atoms with E-state index in [1.54, 1.807) is 0 Å². The van der Waals surface area contributed by atoms with Crippen LogP contribution >= 0.6 is 0 Å². The lowest BCUT2D eigenvalue weighted by Gasteiger charge is -2.21. The number of aliphatic carboxylic acids is 1. The Labute approximate surface area is 107 Å². The molecule has 0 bridgehead atoms. The second kappa shape index (κ2) is 5.29. The summed E-state index contributed by atoms with van der Waals surface area (Å²) in [6, 6.07) is 3.94. The van der Waals surface area contributed by atoms with E-state index in [1.807, 2.05) is 26.0 Å². The van der Waals surface area contributed by atoms with Crippen molar-refractivity contribution >= 4 is 5.97 Å². The SMILES string of the molecule is Cc1cc2c(cc1CC(C)CC(=O)O)OCCO2. The number of benzene rings is 1. The average Bonchev–Trinajstić information content (AvgIpc) is 2.29. The molecule has 98 valence electrons. The second-order valence-electron chi connectivity index (χ2n) is 4.83. The molecule has 0 aliphatic carbocycles. The molecule has 1 N–H and O–H groups in total. The van der Waals surface area contributed by atoms with Gasteiger partial charge in [0.1, 0.15) is 13.2 Å². The van der Waals surface area contributed by atoms with Crippen molar-refractivity contribution in [3.05, 3.63) is 23.3 Å². The number of aryl methyl sites for hydroxylation is 1. The summed E-state index contributed by atoms with van der Waals surface area (Å²) in [5, 5.41) is 8.78. The van der Waals surface area contributed by atoms with Crippen molar-refractivity contribution in [1.29, 1.82) is 0 Å². The van der Waals surface area contributed by atoms with Gasteiger partial charge in [0.2, 0.25) is 0 Å². The van der Waals surface area contributed by atoms with Gasteiger partial charge in [-0.1, -0.05) is 6.92 Å². The van der Waals surface area contributed by atoms with Crippen molar-refractivity contribution in [2.75, 3.05) is 13.2 Å². The lowest BCUT2D eigenvalue weighted by Crippen LogP contribution is -2.16. The van der Waals surface area contributed by atoms with Crippen LogP contribution in [0.15, 0.2) is 12.1 Å². The molecule has 1 aliphatic heterocycles. The van der Waals surface area contributed by atoms with Crippen LogP contribution in [0.4, 0.5) is 0 Å². The number of hydrogen-bond acceptors (Lipinski definition) is 3. The van der Waals surface area contributed by atoms with Gasteiger partial charge in [-0.3, -0.25) is 4.79 Å². The zero-order chi connectivity index (χ0) is 13.1. The number of hydrogen-bond donors (Lipinski definition) is 1. The minimum Gasteiger partial charge on any atom is -0.486 e.